The molecular formula is C8H15N3O2. The number of carbonyl (C=O) groups excluding carboxylic acids is 1. The molecule has 0 bridgehead atoms. The van der Waals surface area contributed by atoms with Crippen molar-refractivity contribution in [1.82, 2.24) is 15.3 Å². The molecule has 0 aliphatic carbocycles. The van der Waals surface area contributed by atoms with Crippen LogP contribution in [0.3, 0.4) is 0 Å². The van der Waals surface area contributed by atoms with Crippen LogP contribution in [-0.2, 0) is 4.79 Å². The lowest BCUT2D eigenvalue weighted by molar-refractivity contribution is -0.125. The summed E-state index contributed by atoms with van der Waals surface area (Å²) in [5.74, 6) is 0.0217. The molecule has 0 radical (unpaired) electrons. The number of rotatable bonds is 3. The highest BCUT2D eigenvalue weighted by Crippen LogP contribution is 2.12. The van der Waals surface area contributed by atoms with E-state index in [1.807, 2.05) is 14.1 Å². The predicted octanol–water partition coefficient (Wildman–Crippen LogP) is -0.883. The molecule has 0 saturated heterocycles. The first-order valence-electron chi connectivity index (χ1n) is 4.10. The Hall–Kier alpha value is -1.07. The number of nitrogens with zero attached hydrogens (tertiary/aromatic N) is 2. The van der Waals surface area contributed by atoms with Crippen LogP contribution < -0.4 is 5.32 Å². The van der Waals surface area contributed by atoms with Gasteiger partial charge in [0.25, 0.3) is 0 Å². The molecule has 0 fully saturated rings. The summed E-state index contributed by atoms with van der Waals surface area (Å²) in [6, 6.07) is 0. The summed E-state index contributed by atoms with van der Waals surface area (Å²) in [7, 11) is 3.68. The summed E-state index contributed by atoms with van der Waals surface area (Å²) in [6.45, 7) is 1.44. The fourth-order valence-electron chi connectivity index (χ4n) is 1.23. The summed E-state index contributed by atoms with van der Waals surface area (Å²) in [4.78, 5) is 11.2. The highest BCUT2D eigenvalue weighted by molar-refractivity contribution is 5.81. The van der Waals surface area contributed by atoms with Gasteiger partial charge in [0.1, 0.15) is 0 Å². The van der Waals surface area contributed by atoms with Crippen molar-refractivity contribution in [2.75, 3.05) is 20.7 Å². The third kappa shape index (κ3) is 1.99. The Kier molecular flexibility index (Phi) is 2.90. The number of Topliss-reactive ketones (excluding diaryl/α,β-unsaturated/α-hetero) is 1. The lowest BCUT2D eigenvalue weighted by Crippen LogP contribution is -2.47. The van der Waals surface area contributed by atoms with Gasteiger partial charge in [-0.25, -0.2) is 5.01 Å². The smallest absolute Gasteiger partial charge is 0.173 e. The normalized spacial score (nSPS) is 21.8. The van der Waals surface area contributed by atoms with Crippen LogP contribution in [0, 0.1) is 0 Å². The first-order valence-corrected chi connectivity index (χ1v) is 4.10. The Labute approximate surface area is 77.6 Å². The summed E-state index contributed by atoms with van der Waals surface area (Å²) < 4.78 is 0. The van der Waals surface area contributed by atoms with Crippen LogP contribution >= 0.6 is 0 Å². The third-order valence-corrected chi connectivity index (χ3v) is 1.89. The molecule has 13 heavy (non-hydrogen) atoms. The molecule has 0 amide bonds. The van der Waals surface area contributed by atoms with Crippen LogP contribution in [-0.4, -0.2) is 47.8 Å². The second kappa shape index (κ2) is 3.76. The molecule has 1 aliphatic rings. The minimum Gasteiger partial charge on any atom is -0.390 e. The zero-order valence-electron chi connectivity index (χ0n) is 8.11. The van der Waals surface area contributed by atoms with Gasteiger partial charge in [0, 0.05) is 20.3 Å². The number of hydrazine groups is 1. The van der Waals surface area contributed by atoms with E-state index in [0.717, 1.165) is 0 Å². The lowest BCUT2D eigenvalue weighted by atomic mass is 10.3. The standard InChI is InChI=1S/C8H15N3O2/c1-6(13)8-9-7(5-12)4-11(8)10(2)3/h4,8-9,12H,5H2,1-3H3. The van der Waals surface area contributed by atoms with Gasteiger partial charge in [-0.3, -0.25) is 9.80 Å². The quantitative estimate of drug-likeness (QED) is 0.598. The zero-order valence-corrected chi connectivity index (χ0v) is 8.11. The number of ketones is 1. The van der Waals surface area contributed by atoms with Gasteiger partial charge in [-0.15, -0.1) is 0 Å². The molecule has 2 N–H and O–H groups in total. The summed E-state index contributed by atoms with van der Waals surface area (Å²) in [5, 5.41) is 15.3. The van der Waals surface area contributed by atoms with Gasteiger partial charge in [-0.05, 0) is 6.92 Å². The first-order chi connectivity index (χ1) is 6.06. The predicted molar refractivity (Wildman–Crippen MR) is 48.3 cm³/mol. The van der Waals surface area contributed by atoms with Crippen molar-refractivity contribution >= 4 is 5.78 Å². The topological polar surface area (TPSA) is 55.8 Å². The molecule has 1 rings (SSSR count). The second-order valence-electron chi connectivity index (χ2n) is 3.20. The van der Waals surface area contributed by atoms with Crippen LogP contribution in [0.2, 0.25) is 0 Å². The van der Waals surface area contributed by atoms with Crippen molar-refractivity contribution in [3.63, 3.8) is 0 Å². The van der Waals surface area contributed by atoms with E-state index < -0.39 is 0 Å². The zero-order chi connectivity index (χ0) is 10.0. The molecular weight excluding hydrogens is 170 g/mol. The van der Waals surface area contributed by atoms with E-state index in [4.69, 9.17) is 5.11 Å². The van der Waals surface area contributed by atoms with E-state index in [0.29, 0.717) is 5.70 Å². The third-order valence-electron chi connectivity index (χ3n) is 1.89. The summed E-state index contributed by atoms with van der Waals surface area (Å²) in [6.07, 6.45) is 1.35. The van der Waals surface area contributed by atoms with Gasteiger partial charge in [-0.1, -0.05) is 0 Å². The van der Waals surface area contributed by atoms with Gasteiger partial charge in [0.05, 0.1) is 12.3 Å². The van der Waals surface area contributed by atoms with Gasteiger partial charge >= 0.3 is 0 Å². The molecule has 0 spiro atoms. The average Bonchev–Trinajstić information content (AvgIpc) is 2.47. The Balaban J connectivity index is 2.76. The monoisotopic (exact) mass is 185 g/mol. The highest BCUT2D eigenvalue weighted by atomic mass is 16.3. The van der Waals surface area contributed by atoms with Gasteiger partial charge < -0.3 is 10.4 Å². The number of aliphatic hydroxyl groups excluding tert-OH is 1. The molecule has 0 aromatic heterocycles. The second-order valence-corrected chi connectivity index (χ2v) is 3.20. The summed E-state index contributed by atoms with van der Waals surface area (Å²) >= 11 is 0. The van der Waals surface area contributed by atoms with Gasteiger partial charge in [0.15, 0.2) is 11.9 Å². The number of aliphatic hydroxyl groups is 1. The van der Waals surface area contributed by atoms with Crippen LogP contribution in [0.4, 0.5) is 0 Å². The van der Waals surface area contributed by atoms with E-state index >= 15 is 0 Å². The average molecular weight is 185 g/mol. The fourth-order valence-corrected chi connectivity index (χ4v) is 1.23. The minimum absolute atomic E-state index is 0.0217. The van der Waals surface area contributed by atoms with Crippen LogP contribution in [0.1, 0.15) is 6.92 Å². The van der Waals surface area contributed by atoms with Crippen molar-refractivity contribution in [2.24, 2.45) is 0 Å². The van der Waals surface area contributed by atoms with Crippen molar-refractivity contribution in [3.8, 4) is 0 Å². The molecule has 0 aromatic rings. The van der Waals surface area contributed by atoms with Crippen molar-refractivity contribution in [2.45, 2.75) is 13.1 Å². The maximum Gasteiger partial charge on any atom is 0.173 e. The molecule has 1 heterocycles. The van der Waals surface area contributed by atoms with Crippen molar-refractivity contribution in [3.05, 3.63) is 11.9 Å². The van der Waals surface area contributed by atoms with Crippen molar-refractivity contribution < 1.29 is 9.90 Å². The Morgan fingerprint density at radius 3 is 2.69 bits per heavy atom. The number of hydrogen-bond acceptors (Lipinski definition) is 5. The number of nitrogens with one attached hydrogen (secondary N) is 1. The van der Waals surface area contributed by atoms with E-state index in [-0.39, 0.29) is 18.6 Å². The Morgan fingerprint density at radius 2 is 2.38 bits per heavy atom. The molecule has 0 aromatic carbocycles. The maximum atomic E-state index is 11.2. The fraction of sp³-hybridized carbons (Fsp3) is 0.625. The first kappa shape index (κ1) is 10.0. The van der Waals surface area contributed by atoms with Crippen LogP contribution in [0.15, 0.2) is 11.9 Å². The molecule has 1 unspecified atom stereocenters. The van der Waals surface area contributed by atoms with Crippen LogP contribution in [0.25, 0.3) is 0 Å². The van der Waals surface area contributed by atoms with E-state index in [2.05, 4.69) is 5.32 Å². The van der Waals surface area contributed by atoms with E-state index in [1.165, 1.54) is 6.92 Å². The van der Waals surface area contributed by atoms with E-state index in [1.54, 1.807) is 16.2 Å². The lowest BCUT2D eigenvalue weighted by Gasteiger charge is -2.29. The number of carbonyl (C=O) groups is 1. The SMILES string of the molecule is CC(=O)C1NC(CO)=CN1N(C)C. The Bertz CT molecular complexity index is 238. The minimum atomic E-state index is -0.378. The summed E-state index contributed by atoms with van der Waals surface area (Å²) in [5.41, 5.74) is 0.661. The number of hydrogen-bond donors (Lipinski definition) is 2. The molecule has 1 atom stereocenters. The van der Waals surface area contributed by atoms with Gasteiger partial charge in [0.2, 0.25) is 0 Å². The molecule has 0 saturated carbocycles. The molecule has 5 heteroatoms. The van der Waals surface area contributed by atoms with Crippen LogP contribution in [0.5, 0.6) is 0 Å². The highest BCUT2D eigenvalue weighted by Gasteiger charge is 2.28. The van der Waals surface area contributed by atoms with E-state index in [9.17, 15) is 4.79 Å². The van der Waals surface area contributed by atoms with Gasteiger partial charge in [-0.2, -0.15) is 0 Å². The molecule has 1 aliphatic heterocycles. The molecule has 5 nitrogen and oxygen atoms in total. The molecule has 74 valence electrons. The maximum absolute atomic E-state index is 11.2. The van der Waals surface area contributed by atoms with Crippen molar-refractivity contribution in [1.29, 1.82) is 0 Å². The largest absolute Gasteiger partial charge is 0.390 e. The Morgan fingerprint density at radius 1 is 1.77 bits per heavy atom.